The first-order valence-corrected chi connectivity index (χ1v) is 5.37. The van der Waals surface area contributed by atoms with Crippen molar-refractivity contribution >= 4 is 12.1 Å². The third-order valence-corrected chi connectivity index (χ3v) is 2.02. The van der Waals surface area contributed by atoms with Gasteiger partial charge in [0.15, 0.2) is 0 Å². The molecule has 0 heterocycles. The van der Waals surface area contributed by atoms with Crippen LogP contribution in [0.25, 0.3) is 0 Å². The minimum Gasteiger partial charge on any atom is -0.160 e. The van der Waals surface area contributed by atoms with Crippen LogP contribution in [0.15, 0.2) is 23.1 Å². The summed E-state index contributed by atoms with van der Waals surface area (Å²) in [6.45, 7) is 8.06. The van der Waals surface area contributed by atoms with Crippen LogP contribution in [0, 0.1) is 6.92 Å². The molecule has 1 rings (SSSR count). The third-order valence-electron chi connectivity index (χ3n) is 1.61. The quantitative estimate of drug-likeness (QED) is 0.674. The van der Waals surface area contributed by atoms with E-state index < -0.39 is 0 Å². The predicted molar refractivity (Wildman–Crippen MR) is 58.9 cm³/mol. The summed E-state index contributed by atoms with van der Waals surface area (Å²) in [6, 6.07) is 5.82. The fourth-order valence-corrected chi connectivity index (χ4v) is 1.50. The second-order valence-electron chi connectivity index (χ2n) is 2.59. The Morgan fingerprint density at radius 1 is 1.23 bits per heavy atom. The van der Waals surface area contributed by atoms with Crippen LogP contribution in [-0.4, -0.2) is 0 Å². The first-order valence-electron chi connectivity index (χ1n) is 4.65. The number of halogens is 1. The van der Waals surface area contributed by atoms with Gasteiger partial charge in [0.05, 0.1) is 12.1 Å². The minimum absolute atomic E-state index is 0.312. The van der Waals surface area contributed by atoms with E-state index in [-0.39, 0.29) is 0 Å². The second kappa shape index (κ2) is 6.96. The molecule has 0 radical (unpaired) electrons. The Labute approximate surface area is 84.8 Å². The topological polar surface area (TPSA) is 0 Å². The number of hydrogen-bond donors (Lipinski definition) is 0. The molecule has 0 bridgehead atoms. The highest BCUT2D eigenvalue weighted by molar-refractivity contribution is 7.94. The summed E-state index contributed by atoms with van der Waals surface area (Å²) in [5, 5.41) is 0. The summed E-state index contributed by atoms with van der Waals surface area (Å²) in [5.74, 6) is 0. The first kappa shape index (κ1) is 12.5. The molecule has 0 atom stereocenters. The summed E-state index contributed by atoms with van der Waals surface area (Å²) in [5.41, 5.74) is 2.33. The van der Waals surface area contributed by atoms with Gasteiger partial charge in [0.2, 0.25) is 0 Å². The molecule has 2 heteroatoms. The molecule has 0 fully saturated rings. The highest BCUT2D eigenvalue weighted by atomic mass is 32.2. The van der Waals surface area contributed by atoms with Crippen molar-refractivity contribution < 1.29 is 3.89 Å². The maximum Gasteiger partial charge on any atom is 0.0812 e. The van der Waals surface area contributed by atoms with E-state index in [0.29, 0.717) is 17.0 Å². The van der Waals surface area contributed by atoms with Gasteiger partial charge >= 0.3 is 0 Å². The van der Waals surface area contributed by atoms with Gasteiger partial charge in [-0.25, -0.2) is 0 Å². The summed E-state index contributed by atoms with van der Waals surface area (Å²) in [7, 11) is 0. The molecular formula is C11H17FS. The van der Waals surface area contributed by atoms with Gasteiger partial charge < -0.3 is 0 Å². The van der Waals surface area contributed by atoms with E-state index in [1.54, 1.807) is 0 Å². The molecule has 0 N–H and O–H groups in total. The molecule has 0 aliphatic carbocycles. The molecule has 0 aromatic heterocycles. The molecule has 13 heavy (non-hydrogen) atoms. The number of benzene rings is 1. The summed E-state index contributed by atoms with van der Waals surface area (Å²) >= 11 is 0.312. The van der Waals surface area contributed by atoms with E-state index in [4.69, 9.17) is 0 Å². The standard InChI is InChI=1S/C9H11FS.C2H6/c1-3-8-4-7(2)5-9(6-8)11-10;1-2/h4-6H,3H2,1-2H3;1-2H3. The van der Waals surface area contributed by atoms with Crippen LogP contribution in [-0.2, 0) is 6.42 Å². The van der Waals surface area contributed by atoms with Crippen molar-refractivity contribution in [3.8, 4) is 0 Å². The van der Waals surface area contributed by atoms with Crippen molar-refractivity contribution in [3.05, 3.63) is 29.3 Å². The maximum atomic E-state index is 12.1. The average Bonchev–Trinajstić information content (AvgIpc) is 2.20. The zero-order valence-corrected chi connectivity index (χ0v) is 9.54. The lowest BCUT2D eigenvalue weighted by Gasteiger charge is -2.00. The molecular weight excluding hydrogens is 183 g/mol. The molecule has 74 valence electrons. The molecule has 0 spiro atoms. The lowest BCUT2D eigenvalue weighted by molar-refractivity contribution is 0.932. The zero-order chi connectivity index (χ0) is 10.3. The van der Waals surface area contributed by atoms with Crippen molar-refractivity contribution in [2.45, 2.75) is 39.0 Å². The van der Waals surface area contributed by atoms with Gasteiger partial charge in [-0.2, -0.15) is 3.89 Å². The number of rotatable bonds is 2. The van der Waals surface area contributed by atoms with Crippen molar-refractivity contribution in [1.82, 2.24) is 0 Å². The lowest BCUT2D eigenvalue weighted by atomic mass is 10.1. The first-order chi connectivity index (χ1) is 6.26. The molecule has 1 aromatic carbocycles. The van der Waals surface area contributed by atoms with Gasteiger partial charge in [-0.15, -0.1) is 0 Å². The second-order valence-corrected chi connectivity index (χ2v) is 3.21. The van der Waals surface area contributed by atoms with Crippen molar-refractivity contribution in [1.29, 1.82) is 0 Å². The van der Waals surface area contributed by atoms with Gasteiger partial charge in [0.25, 0.3) is 0 Å². The Morgan fingerprint density at radius 2 is 1.85 bits per heavy atom. The summed E-state index contributed by atoms with van der Waals surface area (Å²) in [4.78, 5) is 0.710. The van der Waals surface area contributed by atoms with Crippen LogP contribution in [0.3, 0.4) is 0 Å². The predicted octanol–water partition coefficient (Wildman–Crippen LogP) is 4.56. The van der Waals surface area contributed by atoms with Gasteiger partial charge in [-0.3, -0.25) is 0 Å². The Balaban J connectivity index is 0.000000671. The largest absolute Gasteiger partial charge is 0.160 e. The van der Waals surface area contributed by atoms with Crippen molar-refractivity contribution in [2.75, 3.05) is 0 Å². The lowest BCUT2D eigenvalue weighted by Crippen LogP contribution is -1.82. The minimum atomic E-state index is 0.312. The maximum absolute atomic E-state index is 12.1. The van der Waals surface area contributed by atoms with Crippen molar-refractivity contribution in [2.24, 2.45) is 0 Å². The normalized spacial score (nSPS) is 9.00. The molecule has 0 amide bonds. The van der Waals surface area contributed by atoms with E-state index >= 15 is 0 Å². The molecule has 0 aliphatic rings. The average molecular weight is 200 g/mol. The van der Waals surface area contributed by atoms with Crippen LogP contribution < -0.4 is 0 Å². The molecule has 0 saturated carbocycles. The van der Waals surface area contributed by atoms with Crippen LogP contribution in [0.2, 0.25) is 0 Å². The Kier molecular flexibility index (Phi) is 6.69. The van der Waals surface area contributed by atoms with Crippen LogP contribution in [0.5, 0.6) is 0 Å². The van der Waals surface area contributed by atoms with Crippen LogP contribution in [0.4, 0.5) is 3.89 Å². The van der Waals surface area contributed by atoms with E-state index in [9.17, 15) is 3.89 Å². The fourth-order valence-electron chi connectivity index (χ4n) is 1.07. The molecule has 0 saturated heterocycles. The highest BCUT2D eigenvalue weighted by Crippen LogP contribution is 2.21. The van der Waals surface area contributed by atoms with Crippen molar-refractivity contribution in [3.63, 3.8) is 0 Å². The Morgan fingerprint density at radius 3 is 2.31 bits per heavy atom. The highest BCUT2D eigenvalue weighted by Gasteiger charge is 1.96. The fraction of sp³-hybridized carbons (Fsp3) is 0.455. The zero-order valence-electron chi connectivity index (χ0n) is 8.73. The van der Waals surface area contributed by atoms with Crippen LogP contribution in [0.1, 0.15) is 31.9 Å². The number of aryl methyl sites for hydroxylation is 2. The number of hydrogen-bond acceptors (Lipinski definition) is 1. The molecule has 0 unspecified atom stereocenters. The van der Waals surface area contributed by atoms with E-state index in [2.05, 4.69) is 13.0 Å². The Hall–Kier alpha value is -0.500. The van der Waals surface area contributed by atoms with Gasteiger partial charge in [-0.05, 0) is 36.6 Å². The monoisotopic (exact) mass is 200 g/mol. The van der Waals surface area contributed by atoms with E-state index in [0.717, 1.165) is 12.0 Å². The van der Waals surface area contributed by atoms with Gasteiger partial charge in [0.1, 0.15) is 0 Å². The SMILES string of the molecule is CC.CCc1cc(C)cc(SF)c1. The third kappa shape index (κ3) is 4.32. The molecule has 0 nitrogen and oxygen atoms in total. The summed E-state index contributed by atoms with van der Waals surface area (Å²) < 4.78 is 12.1. The van der Waals surface area contributed by atoms with Gasteiger partial charge in [0, 0.05) is 4.90 Å². The van der Waals surface area contributed by atoms with E-state index in [1.807, 2.05) is 32.9 Å². The summed E-state index contributed by atoms with van der Waals surface area (Å²) in [6.07, 6.45) is 0.967. The molecule has 1 aromatic rings. The molecule has 0 aliphatic heterocycles. The van der Waals surface area contributed by atoms with Gasteiger partial charge in [-0.1, -0.05) is 26.8 Å². The smallest absolute Gasteiger partial charge is 0.0812 e. The van der Waals surface area contributed by atoms with E-state index in [1.165, 1.54) is 5.56 Å². The van der Waals surface area contributed by atoms with Crippen LogP contribution >= 0.6 is 12.1 Å². The Bertz CT molecular complexity index is 224.